The molecule has 1 saturated heterocycles. The first-order chi connectivity index (χ1) is 12.3. The average molecular weight is 357 g/mol. The number of nitrogens with zero attached hydrogens (tertiary/aromatic N) is 2. The van der Waals surface area contributed by atoms with Gasteiger partial charge in [0, 0.05) is 13.1 Å². The molecule has 0 unspecified atom stereocenters. The summed E-state index contributed by atoms with van der Waals surface area (Å²) in [6.07, 6.45) is 1.98. The molecule has 0 bridgehead atoms. The van der Waals surface area contributed by atoms with E-state index in [1.165, 1.54) is 11.6 Å². The predicted molar refractivity (Wildman–Crippen MR) is 96.3 cm³/mol. The lowest BCUT2D eigenvalue weighted by Gasteiger charge is -2.14. The zero-order valence-corrected chi connectivity index (χ0v) is 15.0. The van der Waals surface area contributed by atoms with Crippen LogP contribution in [0.25, 0.3) is 0 Å². The fourth-order valence-electron chi connectivity index (χ4n) is 2.59. The molecule has 0 spiro atoms. The molecule has 0 aliphatic carbocycles. The molecule has 1 aromatic carbocycles. The SMILES string of the molecule is C=CCN1C(=O)C(=O)N(CC(=O)NCCc2ccc(C(C)C)cc2)C1=O. The van der Waals surface area contributed by atoms with Crippen molar-refractivity contribution in [3.8, 4) is 0 Å². The van der Waals surface area contributed by atoms with E-state index in [2.05, 4.69) is 37.9 Å². The minimum Gasteiger partial charge on any atom is -0.354 e. The maximum atomic E-state index is 12.0. The molecule has 1 aliphatic rings. The van der Waals surface area contributed by atoms with Gasteiger partial charge in [0.05, 0.1) is 0 Å². The van der Waals surface area contributed by atoms with E-state index in [4.69, 9.17) is 0 Å². The molecule has 26 heavy (non-hydrogen) atoms. The van der Waals surface area contributed by atoms with Gasteiger partial charge in [-0.3, -0.25) is 19.3 Å². The number of urea groups is 1. The van der Waals surface area contributed by atoms with Gasteiger partial charge >= 0.3 is 17.8 Å². The first kappa shape index (κ1) is 19.4. The molecule has 138 valence electrons. The highest BCUT2D eigenvalue weighted by atomic mass is 16.2. The minimum atomic E-state index is -0.990. The Morgan fingerprint density at radius 1 is 1.12 bits per heavy atom. The second kappa shape index (κ2) is 8.42. The van der Waals surface area contributed by atoms with Crippen LogP contribution in [0.3, 0.4) is 0 Å². The van der Waals surface area contributed by atoms with E-state index in [0.29, 0.717) is 23.8 Å². The lowest BCUT2D eigenvalue weighted by atomic mass is 10.0. The molecule has 1 heterocycles. The van der Waals surface area contributed by atoms with E-state index < -0.39 is 30.3 Å². The van der Waals surface area contributed by atoms with Crippen LogP contribution >= 0.6 is 0 Å². The van der Waals surface area contributed by atoms with Crippen molar-refractivity contribution in [3.05, 3.63) is 48.0 Å². The van der Waals surface area contributed by atoms with E-state index in [9.17, 15) is 19.2 Å². The van der Waals surface area contributed by atoms with E-state index in [1.807, 2.05) is 12.1 Å². The first-order valence-electron chi connectivity index (χ1n) is 8.49. The average Bonchev–Trinajstić information content (AvgIpc) is 2.80. The van der Waals surface area contributed by atoms with Crippen LogP contribution in [0, 0.1) is 0 Å². The largest absolute Gasteiger partial charge is 0.354 e. The Morgan fingerprint density at radius 3 is 2.31 bits per heavy atom. The second-order valence-electron chi connectivity index (χ2n) is 6.37. The summed E-state index contributed by atoms with van der Waals surface area (Å²) >= 11 is 0. The third-order valence-electron chi connectivity index (χ3n) is 4.13. The summed E-state index contributed by atoms with van der Waals surface area (Å²) in [4.78, 5) is 48.9. The van der Waals surface area contributed by atoms with Gasteiger partial charge in [0.1, 0.15) is 6.54 Å². The van der Waals surface area contributed by atoms with Gasteiger partial charge in [0.25, 0.3) is 0 Å². The zero-order chi connectivity index (χ0) is 19.3. The molecule has 1 aromatic rings. The third kappa shape index (κ3) is 4.36. The van der Waals surface area contributed by atoms with Crippen molar-refractivity contribution in [1.29, 1.82) is 0 Å². The van der Waals surface area contributed by atoms with Gasteiger partial charge in [0.15, 0.2) is 0 Å². The van der Waals surface area contributed by atoms with Crippen LogP contribution in [-0.4, -0.2) is 53.2 Å². The van der Waals surface area contributed by atoms with Crippen molar-refractivity contribution < 1.29 is 19.2 Å². The summed E-state index contributed by atoms with van der Waals surface area (Å²) < 4.78 is 0. The molecule has 0 radical (unpaired) electrons. The Kier molecular flexibility index (Phi) is 6.27. The number of carbonyl (C=O) groups is 4. The lowest BCUT2D eigenvalue weighted by Crippen LogP contribution is -2.42. The van der Waals surface area contributed by atoms with Crippen molar-refractivity contribution in [2.45, 2.75) is 26.2 Å². The maximum Gasteiger partial charge on any atom is 0.335 e. The predicted octanol–water partition coefficient (Wildman–Crippen LogP) is 1.45. The molecule has 0 saturated carbocycles. The molecule has 1 aliphatic heterocycles. The number of rotatable bonds is 8. The highest BCUT2D eigenvalue weighted by Gasteiger charge is 2.44. The summed E-state index contributed by atoms with van der Waals surface area (Å²) in [5.41, 5.74) is 2.33. The monoisotopic (exact) mass is 357 g/mol. The Balaban J connectivity index is 1.83. The van der Waals surface area contributed by atoms with Gasteiger partial charge in [-0.1, -0.05) is 44.2 Å². The molecular formula is C19H23N3O4. The number of imide groups is 2. The van der Waals surface area contributed by atoms with Gasteiger partial charge in [-0.05, 0) is 23.5 Å². The van der Waals surface area contributed by atoms with Gasteiger partial charge in [-0.15, -0.1) is 6.58 Å². The normalized spacial score (nSPS) is 14.3. The number of benzene rings is 1. The van der Waals surface area contributed by atoms with Gasteiger partial charge in [-0.2, -0.15) is 0 Å². The van der Waals surface area contributed by atoms with Crippen LogP contribution in [-0.2, 0) is 20.8 Å². The standard InChI is InChI=1S/C19H23N3O4/c1-4-11-21-17(24)18(25)22(19(21)26)12-16(23)20-10-9-14-5-7-15(8-6-14)13(2)3/h4-8,13H,1,9-12H2,2-3H3,(H,20,23). The summed E-state index contributed by atoms with van der Waals surface area (Å²) in [5.74, 6) is -1.95. The van der Waals surface area contributed by atoms with Gasteiger partial charge < -0.3 is 5.32 Å². The van der Waals surface area contributed by atoms with Crippen LogP contribution in [0.4, 0.5) is 4.79 Å². The van der Waals surface area contributed by atoms with Crippen LogP contribution < -0.4 is 5.32 Å². The van der Waals surface area contributed by atoms with E-state index in [1.54, 1.807) is 0 Å². The number of amides is 5. The molecule has 0 atom stereocenters. The summed E-state index contributed by atoms with van der Waals surface area (Å²) in [6, 6.07) is 7.35. The molecule has 2 rings (SSSR count). The zero-order valence-electron chi connectivity index (χ0n) is 15.0. The van der Waals surface area contributed by atoms with Crippen LogP contribution in [0.5, 0.6) is 0 Å². The smallest absolute Gasteiger partial charge is 0.335 e. The first-order valence-corrected chi connectivity index (χ1v) is 8.49. The number of hydrogen-bond donors (Lipinski definition) is 1. The van der Waals surface area contributed by atoms with Crippen molar-refractivity contribution in [3.63, 3.8) is 0 Å². The quantitative estimate of drug-likeness (QED) is 0.433. The maximum absolute atomic E-state index is 12.0. The second-order valence-corrected chi connectivity index (χ2v) is 6.37. The highest BCUT2D eigenvalue weighted by Crippen LogP contribution is 2.15. The summed E-state index contributed by atoms with van der Waals surface area (Å²) in [7, 11) is 0. The van der Waals surface area contributed by atoms with Crippen LogP contribution in [0.2, 0.25) is 0 Å². The van der Waals surface area contributed by atoms with Crippen LogP contribution in [0.15, 0.2) is 36.9 Å². The molecule has 1 fully saturated rings. The number of nitrogens with one attached hydrogen (secondary N) is 1. The third-order valence-corrected chi connectivity index (χ3v) is 4.13. The number of hydrogen-bond acceptors (Lipinski definition) is 4. The number of carbonyl (C=O) groups excluding carboxylic acids is 4. The molecule has 5 amide bonds. The van der Waals surface area contributed by atoms with Crippen molar-refractivity contribution >= 4 is 23.8 Å². The van der Waals surface area contributed by atoms with Crippen molar-refractivity contribution in [2.75, 3.05) is 19.6 Å². The van der Waals surface area contributed by atoms with Crippen LogP contribution in [0.1, 0.15) is 30.9 Å². The minimum absolute atomic E-state index is 0.0616. The molecule has 7 nitrogen and oxygen atoms in total. The molecule has 0 aromatic heterocycles. The molecule has 7 heteroatoms. The van der Waals surface area contributed by atoms with E-state index in [-0.39, 0.29) is 6.54 Å². The fraction of sp³-hybridized carbons (Fsp3) is 0.368. The van der Waals surface area contributed by atoms with Gasteiger partial charge in [0.2, 0.25) is 5.91 Å². The Morgan fingerprint density at radius 2 is 1.73 bits per heavy atom. The Hall–Kier alpha value is -2.96. The summed E-state index contributed by atoms with van der Waals surface area (Å²) in [6.45, 7) is 7.52. The topological polar surface area (TPSA) is 86.8 Å². The Labute approximate surface area is 152 Å². The van der Waals surface area contributed by atoms with E-state index >= 15 is 0 Å². The van der Waals surface area contributed by atoms with Crippen molar-refractivity contribution in [2.24, 2.45) is 0 Å². The van der Waals surface area contributed by atoms with Gasteiger partial charge in [-0.25, -0.2) is 9.69 Å². The molecule has 1 N–H and O–H groups in total. The fourth-order valence-corrected chi connectivity index (χ4v) is 2.59. The molecular weight excluding hydrogens is 334 g/mol. The van der Waals surface area contributed by atoms with Crippen molar-refractivity contribution in [1.82, 2.24) is 15.1 Å². The lowest BCUT2D eigenvalue weighted by molar-refractivity contribution is -0.143. The Bertz CT molecular complexity index is 725. The summed E-state index contributed by atoms with van der Waals surface area (Å²) in [5, 5.41) is 2.66. The highest BCUT2D eigenvalue weighted by molar-refractivity contribution is 6.45. The van der Waals surface area contributed by atoms with E-state index in [0.717, 1.165) is 10.5 Å².